The molecule has 0 amide bonds. The van der Waals surface area contributed by atoms with Crippen LogP contribution in [-0.2, 0) is 0 Å². The summed E-state index contributed by atoms with van der Waals surface area (Å²) in [6.45, 7) is 0. The molecule has 1 aromatic rings. The fourth-order valence-electron chi connectivity index (χ4n) is 0.619. The molecule has 0 saturated carbocycles. The smallest absolute Gasteiger partial charge is 0.357 e. The Kier molecular flexibility index (Phi) is 4.35. The Morgan fingerprint density at radius 1 is 1.33 bits per heavy atom. The van der Waals surface area contributed by atoms with Crippen LogP contribution in [0.25, 0.3) is 0 Å². The monoisotopic (exact) mass is 296 g/mol. The van der Waals surface area contributed by atoms with Gasteiger partial charge in [0.1, 0.15) is 0 Å². The molecule has 0 fully saturated rings. The average molecular weight is 296 g/mol. The minimum atomic E-state index is -1.36. The number of hydrogen-bond acceptors (Lipinski definition) is 3. The zero-order valence-electron chi connectivity index (χ0n) is 5.74. The molecule has 7 heteroatoms. The molecule has 0 aliphatic carbocycles. The second-order valence-electron chi connectivity index (χ2n) is 1.74. The summed E-state index contributed by atoms with van der Waals surface area (Å²) in [7, 11) is 0. The van der Waals surface area contributed by atoms with E-state index in [1.54, 1.807) is 0 Å². The van der Waals surface area contributed by atoms with Crippen LogP contribution in [0.2, 0.25) is 0 Å². The van der Waals surface area contributed by atoms with Gasteiger partial charge < -0.3 is 15.2 Å². The van der Waals surface area contributed by atoms with E-state index in [0.717, 1.165) is 6.33 Å². The van der Waals surface area contributed by atoms with Crippen LogP contribution in [0, 0.1) is 41.7 Å². The molecule has 1 heterocycles. The summed E-state index contributed by atoms with van der Waals surface area (Å²) in [5.74, 6) is -2.69. The first-order valence-corrected chi connectivity index (χ1v) is 2.63. The predicted octanol–water partition coefficient (Wildman–Crippen LogP) is -0.194. The van der Waals surface area contributed by atoms with Gasteiger partial charge in [0.05, 0.1) is 6.33 Å². The molecule has 0 unspecified atom stereocenters. The molecule has 6 nitrogen and oxygen atoms in total. The van der Waals surface area contributed by atoms with Gasteiger partial charge in [-0.25, -0.2) is 14.6 Å². The number of carboxylic acid groups (broad SMARTS) is 2. The Balaban J connectivity index is 0.00000121. The molecule has 0 spiro atoms. The standard InChI is InChI=1S/C5H4N2O4.Ce/c8-4(9)2-3(5(10)11)7-1-6-2;/h1H,(H,6,7)(H,8,9)(H,10,11);. The predicted molar refractivity (Wildman–Crippen MR) is 32.5 cm³/mol. The second kappa shape index (κ2) is 4.53. The quantitative estimate of drug-likeness (QED) is 0.701. The molecule has 0 atom stereocenters. The van der Waals surface area contributed by atoms with Crippen molar-refractivity contribution in [2.24, 2.45) is 0 Å². The van der Waals surface area contributed by atoms with Gasteiger partial charge in [-0.2, -0.15) is 0 Å². The molecule has 0 aromatic carbocycles. The van der Waals surface area contributed by atoms with E-state index in [0.29, 0.717) is 0 Å². The second-order valence-corrected chi connectivity index (χ2v) is 1.74. The van der Waals surface area contributed by atoms with Gasteiger partial charge in [-0.15, -0.1) is 0 Å². The van der Waals surface area contributed by atoms with Crippen LogP contribution >= 0.6 is 0 Å². The summed E-state index contributed by atoms with van der Waals surface area (Å²) in [4.78, 5) is 26.0. The van der Waals surface area contributed by atoms with E-state index in [9.17, 15) is 9.59 Å². The van der Waals surface area contributed by atoms with Crippen LogP contribution in [0.1, 0.15) is 21.0 Å². The number of aromatic carboxylic acids is 2. The Morgan fingerprint density at radius 2 is 1.92 bits per heavy atom. The number of H-pyrrole nitrogens is 1. The zero-order chi connectivity index (χ0) is 8.43. The van der Waals surface area contributed by atoms with Crippen molar-refractivity contribution in [1.29, 1.82) is 0 Å². The molecule has 0 aliphatic rings. The van der Waals surface area contributed by atoms with E-state index in [2.05, 4.69) is 9.97 Å². The number of nitrogens with one attached hydrogen (secondary N) is 1. The van der Waals surface area contributed by atoms with Crippen LogP contribution in [0.3, 0.4) is 0 Å². The Hall–Kier alpha value is -0.473. The molecule has 1 rings (SSSR count). The molecule has 0 saturated heterocycles. The van der Waals surface area contributed by atoms with E-state index in [4.69, 9.17) is 10.2 Å². The van der Waals surface area contributed by atoms with E-state index in [1.807, 2.05) is 0 Å². The van der Waals surface area contributed by atoms with E-state index >= 15 is 0 Å². The van der Waals surface area contributed by atoms with Gasteiger partial charge in [0.25, 0.3) is 0 Å². The molecule has 3 N–H and O–H groups in total. The summed E-state index contributed by atoms with van der Waals surface area (Å²) >= 11 is 0. The molecule has 0 aliphatic heterocycles. The van der Waals surface area contributed by atoms with Crippen LogP contribution in [0.5, 0.6) is 0 Å². The number of hydrogen-bond donors (Lipinski definition) is 3. The SMILES string of the molecule is O=C(O)c1nc[nH]c1C(=O)O.[Ce]. The molecule has 0 radical (unpaired) electrons. The maximum Gasteiger partial charge on any atom is 0.357 e. The molecular weight excluding hydrogens is 292 g/mol. The number of imidazole rings is 1. The minimum Gasteiger partial charge on any atom is -0.477 e. The third-order valence-corrected chi connectivity index (χ3v) is 1.06. The molecule has 12 heavy (non-hydrogen) atoms. The van der Waals surface area contributed by atoms with Crippen LogP contribution in [0.4, 0.5) is 0 Å². The van der Waals surface area contributed by atoms with Crippen molar-refractivity contribution in [2.75, 3.05) is 0 Å². The molecule has 0 bridgehead atoms. The minimum absolute atomic E-state index is 0. The van der Waals surface area contributed by atoms with Gasteiger partial charge in [-0.1, -0.05) is 0 Å². The van der Waals surface area contributed by atoms with Gasteiger partial charge in [0, 0.05) is 41.7 Å². The van der Waals surface area contributed by atoms with Crippen molar-refractivity contribution in [3.63, 3.8) is 0 Å². The van der Waals surface area contributed by atoms with Gasteiger partial charge in [0.2, 0.25) is 0 Å². The first-order valence-electron chi connectivity index (χ1n) is 2.63. The van der Waals surface area contributed by atoms with Crippen molar-refractivity contribution in [3.8, 4) is 0 Å². The van der Waals surface area contributed by atoms with Crippen molar-refractivity contribution >= 4 is 11.9 Å². The number of nitrogens with zero attached hydrogens (tertiary/aromatic N) is 1. The third-order valence-electron chi connectivity index (χ3n) is 1.06. The van der Waals surface area contributed by atoms with E-state index in [-0.39, 0.29) is 41.7 Å². The maximum atomic E-state index is 10.3. The molecule has 1 aromatic heterocycles. The van der Waals surface area contributed by atoms with E-state index < -0.39 is 23.3 Å². The summed E-state index contributed by atoms with van der Waals surface area (Å²) < 4.78 is 0. The first kappa shape index (κ1) is 11.5. The summed E-state index contributed by atoms with van der Waals surface area (Å²) in [6.07, 6.45) is 1.02. The first-order chi connectivity index (χ1) is 5.13. The Morgan fingerprint density at radius 3 is 2.25 bits per heavy atom. The van der Waals surface area contributed by atoms with Crippen LogP contribution < -0.4 is 0 Å². The van der Waals surface area contributed by atoms with Crippen LogP contribution in [0.15, 0.2) is 6.33 Å². The van der Waals surface area contributed by atoms with Gasteiger partial charge in [-0.05, 0) is 0 Å². The number of carboxylic acids is 2. The molecular formula is C5H4CeN2O4. The fraction of sp³-hybridized carbons (Fsp3) is 0. The van der Waals surface area contributed by atoms with Crippen LogP contribution in [-0.4, -0.2) is 32.1 Å². The van der Waals surface area contributed by atoms with Gasteiger partial charge >= 0.3 is 11.9 Å². The number of aromatic amines is 1. The van der Waals surface area contributed by atoms with Gasteiger partial charge in [-0.3, -0.25) is 0 Å². The molecule has 62 valence electrons. The number of carbonyl (C=O) groups is 2. The Labute approximate surface area is 100 Å². The summed E-state index contributed by atoms with van der Waals surface area (Å²) in [6, 6.07) is 0. The van der Waals surface area contributed by atoms with Crippen molar-refractivity contribution in [3.05, 3.63) is 17.7 Å². The van der Waals surface area contributed by atoms with Crippen molar-refractivity contribution in [1.82, 2.24) is 9.97 Å². The van der Waals surface area contributed by atoms with Crippen molar-refractivity contribution in [2.45, 2.75) is 0 Å². The Bertz CT molecular complexity index is 280. The summed E-state index contributed by atoms with van der Waals surface area (Å²) in [5.41, 5.74) is -0.880. The largest absolute Gasteiger partial charge is 0.477 e. The summed E-state index contributed by atoms with van der Waals surface area (Å²) in [5, 5.41) is 16.7. The van der Waals surface area contributed by atoms with Gasteiger partial charge in [0.15, 0.2) is 11.4 Å². The van der Waals surface area contributed by atoms with E-state index in [1.165, 1.54) is 0 Å². The topological polar surface area (TPSA) is 103 Å². The third kappa shape index (κ3) is 2.25. The van der Waals surface area contributed by atoms with Crippen molar-refractivity contribution < 1.29 is 61.5 Å². The fourth-order valence-corrected chi connectivity index (χ4v) is 0.619. The normalized spacial score (nSPS) is 8.67. The number of rotatable bonds is 2. The zero-order valence-corrected chi connectivity index (χ0v) is 8.88. The number of aromatic nitrogens is 2. The average Bonchev–Trinajstić information content (AvgIpc) is 2.32. The maximum absolute atomic E-state index is 10.3.